The summed E-state index contributed by atoms with van der Waals surface area (Å²) in [5.41, 5.74) is 12.3. The van der Waals surface area contributed by atoms with Gasteiger partial charge >= 0.3 is 8.56 Å². The number of rotatable bonds is 12. The Kier molecular flexibility index (Phi) is 9.28. The van der Waals surface area contributed by atoms with Gasteiger partial charge in [0, 0.05) is 24.3 Å². The molecule has 0 aromatic carbocycles. The molecule has 0 rings (SSSR count). The lowest BCUT2D eigenvalue weighted by Gasteiger charge is -2.35. The van der Waals surface area contributed by atoms with E-state index in [4.69, 9.17) is 20.3 Å². The van der Waals surface area contributed by atoms with Gasteiger partial charge in [0.15, 0.2) is 0 Å². The third-order valence-electron chi connectivity index (χ3n) is 4.58. The summed E-state index contributed by atoms with van der Waals surface area (Å²) in [4.78, 5) is 0. The molecule has 2 unspecified atom stereocenters. The molecule has 0 heterocycles. The molecule has 0 aliphatic carbocycles. The van der Waals surface area contributed by atoms with Crippen LogP contribution in [0.5, 0.6) is 0 Å². The van der Waals surface area contributed by atoms with Crippen molar-refractivity contribution in [2.24, 2.45) is 11.5 Å². The molecular weight excluding hydrogens is 280 g/mol. The van der Waals surface area contributed by atoms with E-state index in [1.54, 1.807) is 0 Å². The van der Waals surface area contributed by atoms with Crippen LogP contribution in [0.1, 0.15) is 67.2 Å². The molecule has 0 fully saturated rings. The van der Waals surface area contributed by atoms with Crippen LogP contribution in [0, 0.1) is 0 Å². The molecule has 0 aliphatic rings. The molecule has 5 heteroatoms. The van der Waals surface area contributed by atoms with E-state index in [1.165, 1.54) is 0 Å². The highest BCUT2D eigenvalue weighted by Crippen LogP contribution is 2.29. The molecule has 0 bridgehead atoms. The van der Waals surface area contributed by atoms with Crippen LogP contribution >= 0.6 is 0 Å². The monoisotopic (exact) mass is 318 g/mol. The van der Waals surface area contributed by atoms with Crippen LogP contribution in [0.3, 0.4) is 0 Å². The second-order valence-corrected chi connectivity index (χ2v) is 10.2. The van der Waals surface area contributed by atoms with E-state index in [1.807, 2.05) is 13.8 Å². The highest BCUT2D eigenvalue weighted by molar-refractivity contribution is 6.67. The molecule has 0 aromatic heterocycles. The van der Waals surface area contributed by atoms with E-state index in [9.17, 15) is 0 Å². The van der Waals surface area contributed by atoms with Crippen molar-refractivity contribution in [2.45, 2.75) is 90.4 Å². The first-order valence-corrected chi connectivity index (χ1v) is 10.7. The van der Waals surface area contributed by atoms with Gasteiger partial charge < -0.3 is 20.3 Å². The Hall–Kier alpha value is 0.0569. The lowest BCUT2D eigenvalue weighted by atomic mass is 9.97. The lowest BCUT2D eigenvalue weighted by molar-refractivity contribution is 0.175. The molecule has 0 saturated heterocycles. The summed E-state index contributed by atoms with van der Waals surface area (Å²) >= 11 is 0. The summed E-state index contributed by atoms with van der Waals surface area (Å²) in [6.45, 7) is 14.0. The molecule has 0 amide bonds. The van der Waals surface area contributed by atoms with Crippen LogP contribution in [0.15, 0.2) is 0 Å². The van der Waals surface area contributed by atoms with Crippen molar-refractivity contribution >= 4 is 8.56 Å². The van der Waals surface area contributed by atoms with Crippen molar-refractivity contribution < 1.29 is 8.85 Å². The number of nitrogens with two attached hydrogens (primary N) is 2. The minimum Gasteiger partial charge on any atom is -0.394 e. The fraction of sp³-hybridized carbons (Fsp3) is 1.00. The van der Waals surface area contributed by atoms with Gasteiger partial charge in [0.05, 0.1) is 0 Å². The van der Waals surface area contributed by atoms with E-state index < -0.39 is 8.56 Å². The molecule has 2 atom stereocenters. The maximum Gasteiger partial charge on any atom is 0.338 e. The van der Waals surface area contributed by atoms with Gasteiger partial charge in [-0.05, 0) is 65.5 Å². The van der Waals surface area contributed by atoms with Crippen LogP contribution in [-0.4, -0.2) is 32.9 Å². The summed E-state index contributed by atoms with van der Waals surface area (Å²) < 4.78 is 12.3. The first-order chi connectivity index (χ1) is 9.66. The third-order valence-corrected chi connectivity index (χ3v) is 8.24. The van der Waals surface area contributed by atoms with Gasteiger partial charge in [-0.25, -0.2) is 0 Å². The van der Waals surface area contributed by atoms with Gasteiger partial charge in [-0.2, -0.15) is 0 Å². The molecule has 128 valence electrons. The van der Waals surface area contributed by atoms with Crippen LogP contribution in [0.25, 0.3) is 0 Å². The number of hydrogen-bond donors (Lipinski definition) is 2. The normalized spacial score (nSPS) is 18.3. The van der Waals surface area contributed by atoms with Gasteiger partial charge in [0.2, 0.25) is 0 Å². The molecular formula is C16H38N2O2Si. The first-order valence-electron chi connectivity index (χ1n) is 8.51. The fourth-order valence-corrected chi connectivity index (χ4v) is 6.15. The molecule has 0 aromatic rings. The molecule has 0 radical (unpaired) electrons. The van der Waals surface area contributed by atoms with Gasteiger partial charge in [-0.15, -0.1) is 0 Å². The van der Waals surface area contributed by atoms with Crippen molar-refractivity contribution in [3.05, 3.63) is 0 Å². The SMILES string of the molecule is CCO[Si](CCC(C)(N)CC)(CCC(C)(N)CC)OCC. The van der Waals surface area contributed by atoms with Crippen molar-refractivity contribution in [1.82, 2.24) is 0 Å². The first kappa shape index (κ1) is 21.1. The second kappa shape index (κ2) is 9.25. The molecule has 0 spiro atoms. The molecule has 4 N–H and O–H groups in total. The van der Waals surface area contributed by atoms with Crippen LogP contribution in [-0.2, 0) is 8.85 Å². The van der Waals surface area contributed by atoms with E-state index in [0.29, 0.717) is 13.2 Å². The van der Waals surface area contributed by atoms with Gasteiger partial charge in [-0.1, -0.05) is 13.8 Å². The Morgan fingerprint density at radius 3 is 1.33 bits per heavy atom. The summed E-state index contributed by atoms with van der Waals surface area (Å²) in [6.07, 6.45) is 3.84. The maximum absolute atomic E-state index is 6.31. The number of hydrogen-bond acceptors (Lipinski definition) is 4. The van der Waals surface area contributed by atoms with E-state index in [2.05, 4.69) is 27.7 Å². The van der Waals surface area contributed by atoms with Crippen molar-refractivity contribution in [3.8, 4) is 0 Å². The zero-order valence-electron chi connectivity index (χ0n) is 15.1. The highest BCUT2D eigenvalue weighted by Gasteiger charge is 2.39. The zero-order chi connectivity index (χ0) is 16.6. The average molecular weight is 319 g/mol. The maximum atomic E-state index is 6.31. The summed E-state index contributed by atoms with van der Waals surface area (Å²) in [7, 11) is -2.21. The quantitative estimate of drug-likeness (QED) is 0.540. The van der Waals surface area contributed by atoms with Crippen LogP contribution in [0.4, 0.5) is 0 Å². The fourth-order valence-electron chi connectivity index (χ4n) is 2.29. The summed E-state index contributed by atoms with van der Waals surface area (Å²) in [5.74, 6) is 0. The van der Waals surface area contributed by atoms with E-state index in [-0.39, 0.29) is 11.1 Å². The lowest BCUT2D eigenvalue weighted by Crippen LogP contribution is -2.48. The van der Waals surface area contributed by atoms with E-state index in [0.717, 1.165) is 37.8 Å². The summed E-state index contributed by atoms with van der Waals surface area (Å²) in [5, 5.41) is 0. The predicted octanol–water partition coefficient (Wildman–Crippen LogP) is 3.54. The van der Waals surface area contributed by atoms with E-state index >= 15 is 0 Å². The standard InChI is InChI=1S/C16H38N2O2Si/c1-7-15(5,17)11-13-21(19-9-3,20-10-4)14-12-16(6,18)8-2/h7-14,17-18H2,1-6H3. The second-order valence-electron chi connectivity index (χ2n) is 6.79. The minimum absolute atomic E-state index is 0.136. The Morgan fingerprint density at radius 2 is 1.10 bits per heavy atom. The zero-order valence-corrected chi connectivity index (χ0v) is 16.1. The molecule has 0 saturated carbocycles. The van der Waals surface area contributed by atoms with Gasteiger partial charge in [-0.3, -0.25) is 0 Å². The third kappa shape index (κ3) is 8.31. The molecule has 21 heavy (non-hydrogen) atoms. The Labute approximate surface area is 133 Å². The Bertz CT molecular complexity index is 255. The van der Waals surface area contributed by atoms with Crippen molar-refractivity contribution in [2.75, 3.05) is 13.2 Å². The highest BCUT2D eigenvalue weighted by atomic mass is 28.4. The molecule has 4 nitrogen and oxygen atoms in total. The van der Waals surface area contributed by atoms with Crippen LogP contribution in [0.2, 0.25) is 12.1 Å². The van der Waals surface area contributed by atoms with Crippen molar-refractivity contribution in [3.63, 3.8) is 0 Å². The minimum atomic E-state index is -2.21. The largest absolute Gasteiger partial charge is 0.394 e. The average Bonchev–Trinajstić information content (AvgIpc) is 2.44. The van der Waals surface area contributed by atoms with Crippen LogP contribution < -0.4 is 11.5 Å². The topological polar surface area (TPSA) is 70.5 Å². The predicted molar refractivity (Wildman–Crippen MR) is 93.6 cm³/mol. The molecule has 0 aliphatic heterocycles. The van der Waals surface area contributed by atoms with Crippen molar-refractivity contribution in [1.29, 1.82) is 0 Å². The Morgan fingerprint density at radius 1 is 0.762 bits per heavy atom. The van der Waals surface area contributed by atoms with Gasteiger partial charge in [0.25, 0.3) is 0 Å². The Balaban J connectivity index is 4.89. The smallest absolute Gasteiger partial charge is 0.338 e. The summed E-state index contributed by atoms with van der Waals surface area (Å²) in [6, 6.07) is 1.91. The van der Waals surface area contributed by atoms with Gasteiger partial charge in [0.1, 0.15) is 0 Å².